The van der Waals surface area contributed by atoms with E-state index in [2.05, 4.69) is 35.6 Å². The monoisotopic (exact) mass is 395 g/mol. The fourth-order valence-corrected chi connectivity index (χ4v) is 4.84. The molecule has 29 heavy (non-hydrogen) atoms. The summed E-state index contributed by atoms with van der Waals surface area (Å²) in [4.78, 5) is 12.1. The molecule has 154 valence electrons. The van der Waals surface area contributed by atoms with E-state index >= 15 is 0 Å². The van der Waals surface area contributed by atoms with Gasteiger partial charge in [0.15, 0.2) is 5.82 Å². The molecule has 0 aromatic carbocycles. The van der Waals surface area contributed by atoms with Crippen molar-refractivity contribution in [2.24, 2.45) is 7.05 Å². The summed E-state index contributed by atoms with van der Waals surface area (Å²) in [6, 6.07) is 0. The van der Waals surface area contributed by atoms with Crippen LogP contribution in [0.25, 0.3) is 5.52 Å². The average molecular weight is 396 g/mol. The number of nitrogens with zero attached hydrogens (tertiary/aromatic N) is 7. The lowest BCUT2D eigenvalue weighted by molar-refractivity contribution is 0.0848. The Balaban J connectivity index is 1.59. The van der Waals surface area contributed by atoms with Gasteiger partial charge in [0.25, 0.3) is 0 Å². The van der Waals surface area contributed by atoms with E-state index in [0.717, 1.165) is 68.4 Å². The molecule has 0 N–H and O–H groups in total. The van der Waals surface area contributed by atoms with Crippen LogP contribution in [0.1, 0.15) is 67.0 Å². The first-order valence-corrected chi connectivity index (χ1v) is 10.6. The highest BCUT2D eigenvalue weighted by Gasteiger charge is 2.30. The van der Waals surface area contributed by atoms with Crippen LogP contribution in [0.3, 0.4) is 0 Å². The van der Waals surface area contributed by atoms with Crippen molar-refractivity contribution in [1.29, 1.82) is 0 Å². The Morgan fingerprint density at radius 3 is 2.76 bits per heavy atom. The topological polar surface area (TPSA) is 73.4 Å². The summed E-state index contributed by atoms with van der Waals surface area (Å²) in [5.74, 6) is 2.73. The van der Waals surface area contributed by atoms with Gasteiger partial charge in [-0.3, -0.25) is 4.68 Å². The highest BCUT2D eigenvalue weighted by atomic mass is 16.5. The minimum absolute atomic E-state index is 0.405. The summed E-state index contributed by atoms with van der Waals surface area (Å²) in [5, 5.41) is 9.32. The number of aromatic nitrogens is 6. The predicted octanol–water partition coefficient (Wildman–Crippen LogP) is 2.75. The number of hydrogen-bond acceptors (Lipinski definition) is 6. The van der Waals surface area contributed by atoms with Crippen LogP contribution in [-0.2, 0) is 24.8 Å². The maximum absolute atomic E-state index is 5.58. The van der Waals surface area contributed by atoms with Gasteiger partial charge in [0, 0.05) is 56.9 Å². The normalized spacial score (nSPS) is 18.0. The first kappa shape index (κ1) is 18.5. The van der Waals surface area contributed by atoms with E-state index in [0.29, 0.717) is 11.8 Å². The fourth-order valence-electron chi connectivity index (χ4n) is 4.84. The first-order valence-electron chi connectivity index (χ1n) is 10.6. The highest BCUT2D eigenvalue weighted by Crippen LogP contribution is 2.35. The van der Waals surface area contributed by atoms with Gasteiger partial charge < -0.3 is 9.64 Å². The average Bonchev–Trinajstić information content (AvgIpc) is 3.26. The van der Waals surface area contributed by atoms with Gasteiger partial charge in [-0.1, -0.05) is 13.8 Å². The third-order valence-electron chi connectivity index (χ3n) is 6.33. The van der Waals surface area contributed by atoms with Gasteiger partial charge in [-0.15, -0.1) is 0 Å². The number of aryl methyl sites for hydroxylation is 2. The minimum Gasteiger partial charge on any atom is -0.381 e. The van der Waals surface area contributed by atoms with Gasteiger partial charge >= 0.3 is 0 Å². The Labute approximate surface area is 170 Å². The summed E-state index contributed by atoms with van der Waals surface area (Å²) in [5.41, 5.74) is 6.10. The molecule has 8 nitrogen and oxygen atoms in total. The van der Waals surface area contributed by atoms with E-state index in [1.807, 2.05) is 11.4 Å². The van der Waals surface area contributed by atoms with Gasteiger partial charge in [-0.2, -0.15) is 10.2 Å². The molecule has 5 heterocycles. The number of hydrogen-bond donors (Lipinski definition) is 0. The second-order valence-electron chi connectivity index (χ2n) is 8.54. The van der Waals surface area contributed by atoms with E-state index < -0.39 is 0 Å². The molecule has 5 rings (SSSR count). The van der Waals surface area contributed by atoms with Crippen molar-refractivity contribution >= 4 is 11.3 Å². The van der Waals surface area contributed by atoms with Crippen molar-refractivity contribution < 1.29 is 4.74 Å². The molecule has 1 fully saturated rings. The van der Waals surface area contributed by atoms with Gasteiger partial charge in [-0.05, 0) is 25.7 Å². The molecule has 0 spiro atoms. The van der Waals surface area contributed by atoms with Gasteiger partial charge in [0.05, 0.1) is 11.4 Å². The second-order valence-corrected chi connectivity index (χ2v) is 8.54. The SMILES string of the molecule is Cc1nc(C2CCOCC2)c2c(N3CCc4c(c(C(C)C)nn4C)C3)ncnn12. The fraction of sp³-hybridized carbons (Fsp3) is 0.619. The van der Waals surface area contributed by atoms with E-state index in [9.17, 15) is 0 Å². The quantitative estimate of drug-likeness (QED) is 0.679. The van der Waals surface area contributed by atoms with Crippen LogP contribution in [0.5, 0.6) is 0 Å². The zero-order valence-electron chi connectivity index (χ0n) is 17.7. The maximum Gasteiger partial charge on any atom is 0.158 e. The van der Waals surface area contributed by atoms with Crippen molar-refractivity contribution in [1.82, 2.24) is 29.4 Å². The molecule has 8 heteroatoms. The summed E-state index contributed by atoms with van der Waals surface area (Å²) in [7, 11) is 2.06. The zero-order chi connectivity index (χ0) is 20.1. The summed E-state index contributed by atoms with van der Waals surface area (Å²) >= 11 is 0. The van der Waals surface area contributed by atoms with Crippen molar-refractivity contribution in [2.45, 2.75) is 58.4 Å². The Morgan fingerprint density at radius 2 is 2.00 bits per heavy atom. The molecular weight excluding hydrogens is 366 g/mol. The Morgan fingerprint density at radius 1 is 1.21 bits per heavy atom. The van der Waals surface area contributed by atoms with Crippen molar-refractivity contribution in [2.75, 3.05) is 24.7 Å². The van der Waals surface area contributed by atoms with Crippen LogP contribution >= 0.6 is 0 Å². The lowest BCUT2D eigenvalue weighted by Crippen LogP contribution is -2.32. The molecule has 0 bridgehead atoms. The van der Waals surface area contributed by atoms with Crippen molar-refractivity contribution in [3.8, 4) is 0 Å². The number of anilines is 1. The maximum atomic E-state index is 5.58. The largest absolute Gasteiger partial charge is 0.381 e. The third-order valence-corrected chi connectivity index (χ3v) is 6.33. The molecule has 0 radical (unpaired) electrons. The Kier molecular flexibility index (Phi) is 4.53. The Bertz CT molecular complexity index is 1050. The summed E-state index contributed by atoms with van der Waals surface area (Å²) in [6.07, 6.45) is 4.64. The third kappa shape index (κ3) is 3.01. The van der Waals surface area contributed by atoms with Crippen LogP contribution in [0.15, 0.2) is 6.33 Å². The molecule has 2 aliphatic heterocycles. The van der Waals surface area contributed by atoms with Crippen LogP contribution < -0.4 is 4.90 Å². The molecule has 0 amide bonds. The molecule has 0 saturated carbocycles. The van der Waals surface area contributed by atoms with Gasteiger partial charge in [0.2, 0.25) is 0 Å². The standard InChI is InChI=1S/C21H29N7O/c1-13(2)18-16-11-27(8-5-17(16)26(4)25-18)21-20-19(15-6-9-29-10-7-15)24-14(3)28(20)23-12-22-21/h12-13,15H,5-11H2,1-4H3. The van der Waals surface area contributed by atoms with Crippen LogP contribution in [-0.4, -0.2) is 49.1 Å². The zero-order valence-corrected chi connectivity index (χ0v) is 17.7. The molecule has 0 unspecified atom stereocenters. The van der Waals surface area contributed by atoms with E-state index in [1.165, 1.54) is 17.0 Å². The lowest BCUT2D eigenvalue weighted by atomic mass is 9.95. The molecule has 0 atom stereocenters. The second kappa shape index (κ2) is 7.09. The summed E-state index contributed by atoms with van der Waals surface area (Å²) in [6.45, 7) is 9.81. The van der Waals surface area contributed by atoms with E-state index in [-0.39, 0.29) is 0 Å². The molecule has 3 aromatic rings. The molecule has 0 aliphatic carbocycles. The van der Waals surface area contributed by atoms with Gasteiger partial charge in [-0.25, -0.2) is 14.5 Å². The predicted molar refractivity (Wildman–Crippen MR) is 110 cm³/mol. The number of ether oxygens (including phenoxy) is 1. The van der Waals surface area contributed by atoms with E-state index in [4.69, 9.17) is 19.8 Å². The van der Waals surface area contributed by atoms with Crippen LogP contribution in [0.2, 0.25) is 0 Å². The van der Waals surface area contributed by atoms with E-state index in [1.54, 1.807) is 6.33 Å². The number of rotatable bonds is 3. The van der Waals surface area contributed by atoms with Crippen molar-refractivity contribution in [3.05, 3.63) is 34.8 Å². The highest BCUT2D eigenvalue weighted by molar-refractivity contribution is 5.73. The smallest absolute Gasteiger partial charge is 0.158 e. The molecule has 2 aliphatic rings. The number of fused-ring (bicyclic) bond motifs is 2. The minimum atomic E-state index is 0.405. The lowest BCUT2D eigenvalue weighted by Gasteiger charge is -2.30. The summed E-state index contributed by atoms with van der Waals surface area (Å²) < 4.78 is 9.61. The van der Waals surface area contributed by atoms with Crippen LogP contribution in [0.4, 0.5) is 5.82 Å². The Hall–Kier alpha value is -2.48. The number of imidazole rings is 1. The van der Waals surface area contributed by atoms with Crippen LogP contribution in [0, 0.1) is 6.92 Å². The molecule has 1 saturated heterocycles. The molecular formula is C21H29N7O. The molecule has 3 aromatic heterocycles. The first-order chi connectivity index (χ1) is 14.0. The van der Waals surface area contributed by atoms with Crippen molar-refractivity contribution in [3.63, 3.8) is 0 Å². The van der Waals surface area contributed by atoms with Gasteiger partial charge in [0.1, 0.15) is 17.7 Å².